The molecule has 1 N–H and O–H groups in total. The molecular weight excluding hydrogens is 244 g/mol. The fraction of sp³-hybridized carbons (Fsp3) is 0.786. The zero-order valence-electron chi connectivity index (χ0n) is 12.2. The molecule has 1 aromatic rings. The van der Waals surface area contributed by atoms with E-state index < -0.39 is 0 Å². The summed E-state index contributed by atoms with van der Waals surface area (Å²) < 4.78 is 5.66. The van der Waals surface area contributed by atoms with Crippen molar-refractivity contribution >= 4 is 11.3 Å². The summed E-state index contributed by atoms with van der Waals surface area (Å²) in [6.07, 6.45) is 1.08. The largest absolute Gasteiger partial charge is 0.375 e. The first-order valence-electron chi connectivity index (χ1n) is 6.61. The lowest BCUT2D eigenvalue weighted by Gasteiger charge is -2.17. The first kappa shape index (κ1) is 15.6. The van der Waals surface area contributed by atoms with Gasteiger partial charge in [-0.3, -0.25) is 0 Å². The summed E-state index contributed by atoms with van der Waals surface area (Å²) in [6.45, 7) is 13.3. The van der Waals surface area contributed by atoms with Gasteiger partial charge in [0.25, 0.3) is 0 Å². The van der Waals surface area contributed by atoms with Crippen LogP contribution in [0, 0.1) is 5.41 Å². The number of ether oxygens (including phenoxy) is 1. The lowest BCUT2D eigenvalue weighted by Crippen LogP contribution is -2.21. The van der Waals surface area contributed by atoms with Crippen molar-refractivity contribution in [2.24, 2.45) is 5.41 Å². The van der Waals surface area contributed by atoms with E-state index in [4.69, 9.17) is 4.74 Å². The van der Waals surface area contributed by atoms with Crippen LogP contribution in [0.4, 0.5) is 0 Å². The summed E-state index contributed by atoms with van der Waals surface area (Å²) in [5.41, 5.74) is 1.39. The predicted octanol–water partition coefficient (Wildman–Crippen LogP) is 3.59. The third-order valence-corrected chi connectivity index (χ3v) is 3.40. The van der Waals surface area contributed by atoms with Gasteiger partial charge in [-0.25, -0.2) is 4.98 Å². The van der Waals surface area contributed by atoms with Crippen molar-refractivity contribution in [3.63, 3.8) is 0 Å². The highest BCUT2D eigenvalue weighted by atomic mass is 32.1. The van der Waals surface area contributed by atoms with Crippen molar-refractivity contribution in [1.29, 1.82) is 0 Å². The Bertz CT molecular complexity index is 342. The summed E-state index contributed by atoms with van der Waals surface area (Å²) in [7, 11) is 0. The maximum atomic E-state index is 5.66. The Kier molecular flexibility index (Phi) is 6.26. The Balaban J connectivity index is 2.23. The molecule has 1 rings (SSSR count). The molecule has 0 saturated carbocycles. The average Bonchev–Trinajstić information content (AvgIpc) is 2.68. The monoisotopic (exact) mass is 270 g/mol. The number of nitrogens with zero attached hydrogens (tertiary/aromatic N) is 1. The molecule has 3 nitrogen and oxygen atoms in total. The summed E-state index contributed by atoms with van der Waals surface area (Å²) in [5, 5.41) is 6.60. The third-order valence-electron chi connectivity index (χ3n) is 2.51. The molecule has 0 bridgehead atoms. The normalized spacial score (nSPS) is 12.3. The van der Waals surface area contributed by atoms with Crippen LogP contribution < -0.4 is 5.32 Å². The maximum Gasteiger partial charge on any atom is 0.107 e. The van der Waals surface area contributed by atoms with E-state index in [1.54, 1.807) is 11.3 Å². The highest BCUT2D eigenvalue weighted by molar-refractivity contribution is 7.09. The van der Waals surface area contributed by atoms with Gasteiger partial charge < -0.3 is 10.1 Å². The van der Waals surface area contributed by atoms with Crippen LogP contribution in [0.2, 0.25) is 0 Å². The van der Waals surface area contributed by atoms with Gasteiger partial charge in [-0.15, -0.1) is 11.3 Å². The Morgan fingerprint density at radius 1 is 1.39 bits per heavy atom. The van der Waals surface area contributed by atoms with Crippen molar-refractivity contribution < 1.29 is 4.74 Å². The summed E-state index contributed by atoms with van der Waals surface area (Å²) in [5.74, 6) is 0. The highest BCUT2D eigenvalue weighted by Gasteiger charge is 2.09. The Morgan fingerprint density at radius 3 is 2.72 bits per heavy atom. The predicted molar refractivity (Wildman–Crippen MR) is 77.8 cm³/mol. The van der Waals surface area contributed by atoms with Gasteiger partial charge in [0.1, 0.15) is 5.01 Å². The Morgan fingerprint density at radius 2 is 2.11 bits per heavy atom. The van der Waals surface area contributed by atoms with Crippen LogP contribution in [0.5, 0.6) is 0 Å². The van der Waals surface area contributed by atoms with Crippen LogP contribution in [0.25, 0.3) is 0 Å². The van der Waals surface area contributed by atoms with Crippen molar-refractivity contribution in [2.45, 2.75) is 60.2 Å². The second-order valence-electron chi connectivity index (χ2n) is 6.13. The van der Waals surface area contributed by atoms with E-state index in [1.807, 2.05) is 0 Å². The minimum Gasteiger partial charge on any atom is -0.375 e. The van der Waals surface area contributed by atoms with Gasteiger partial charge in [0.05, 0.1) is 12.3 Å². The molecule has 0 unspecified atom stereocenters. The fourth-order valence-corrected chi connectivity index (χ4v) is 2.07. The standard InChI is InChI=1S/C14H26N2OS/c1-11(2)15-8-13-16-12(10-18-13)9-17-7-6-14(3,4)5/h10-11,15H,6-9H2,1-5H3. The molecule has 104 valence electrons. The van der Waals surface area contributed by atoms with E-state index >= 15 is 0 Å². The van der Waals surface area contributed by atoms with E-state index in [9.17, 15) is 0 Å². The zero-order valence-corrected chi connectivity index (χ0v) is 13.1. The molecule has 0 aliphatic carbocycles. The number of aromatic nitrogens is 1. The van der Waals surface area contributed by atoms with Gasteiger partial charge >= 0.3 is 0 Å². The lowest BCUT2D eigenvalue weighted by atomic mass is 9.93. The van der Waals surface area contributed by atoms with Crippen molar-refractivity contribution in [2.75, 3.05) is 6.61 Å². The second kappa shape index (κ2) is 7.22. The quantitative estimate of drug-likeness (QED) is 0.769. The topological polar surface area (TPSA) is 34.2 Å². The summed E-state index contributed by atoms with van der Waals surface area (Å²) in [6, 6.07) is 0.500. The third kappa shape index (κ3) is 7.09. The number of thiazole rings is 1. The second-order valence-corrected chi connectivity index (χ2v) is 7.07. The van der Waals surface area contributed by atoms with Crippen molar-refractivity contribution in [3.05, 3.63) is 16.1 Å². The fourth-order valence-electron chi connectivity index (χ4n) is 1.34. The molecule has 0 saturated heterocycles. The molecule has 18 heavy (non-hydrogen) atoms. The first-order chi connectivity index (χ1) is 8.37. The van der Waals surface area contributed by atoms with Crippen LogP contribution in [0.3, 0.4) is 0 Å². The van der Waals surface area contributed by atoms with E-state index in [0.29, 0.717) is 18.1 Å². The van der Waals surface area contributed by atoms with Gasteiger partial charge in [0, 0.05) is 24.6 Å². The van der Waals surface area contributed by atoms with Gasteiger partial charge in [-0.05, 0) is 11.8 Å². The smallest absolute Gasteiger partial charge is 0.107 e. The van der Waals surface area contributed by atoms with E-state index in [-0.39, 0.29) is 0 Å². The molecule has 1 aromatic heterocycles. The molecule has 1 heterocycles. The lowest BCUT2D eigenvalue weighted by molar-refractivity contribution is 0.0943. The van der Waals surface area contributed by atoms with E-state index in [1.165, 1.54) is 0 Å². The molecule has 0 atom stereocenters. The van der Waals surface area contributed by atoms with Crippen LogP contribution in [-0.4, -0.2) is 17.6 Å². The Labute approximate surface area is 115 Å². The molecule has 0 aliphatic rings. The summed E-state index contributed by atoms with van der Waals surface area (Å²) in [4.78, 5) is 4.55. The van der Waals surface area contributed by atoms with Crippen molar-refractivity contribution in [1.82, 2.24) is 10.3 Å². The van der Waals surface area contributed by atoms with Crippen LogP contribution >= 0.6 is 11.3 Å². The molecular formula is C14H26N2OS. The SMILES string of the molecule is CC(C)NCc1nc(COCCC(C)(C)C)cs1. The minimum absolute atomic E-state index is 0.342. The van der Waals surface area contributed by atoms with Crippen LogP contribution in [-0.2, 0) is 17.9 Å². The number of hydrogen-bond acceptors (Lipinski definition) is 4. The molecule has 0 spiro atoms. The van der Waals surface area contributed by atoms with Crippen molar-refractivity contribution in [3.8, 4) is 0 Å². The van der Waals surface area contributed by atoms with Gasteiger partial charge in [-0.1, -0.05) is 34.6 Å². The highest BCUT2D eigenvalue weighted by Crippen LogP contribution is 2.18. The van der Waals surface area contributed by atoms with E-state index in [2.05, 4.69) is 50.3 Å². The van der Waals surface area contributed by atoms with Gasteiger partial charge in [0.15, 0.2) is 0 Å². The zero-order chi connectivity index (χ0) is 13.6. The number of hydrogen-bond donors (Lipinski definition) is 1. The molecule has 0 amide bonds. The first-order valence-corrected chi connectivity index (χ1v) is 7.49. The van der Waals surface area contributed by atoms with E-state index in [0.717, 1.165) is 30.3 Å². The average molecular weight is 270 g/mol. The minimum atomic E-state index is 0.342. The van der Waals surface area contributed by atoms with Crippen LogP contribution in [0.1, 0.15) is 51.7 Å². The molecule has 4 heteroatoms. The van der Waals surface area contributed by atoms with Crippen LogP contribution in [0.15, 0.2) is 5.38 Å². The molecule has 0 aliphatic heterocycles. The number of nitrogens with one attached hydrogen (secondary N) is 1. The van der Waals surface area contributed by atoms with Gasteiger partial charge in [-0.2, -0.15) is 0 Å². The summed E-state index contributed by atoms with van der Waals surface area (Å²) >= 11 is 1.70. The molecule has 0 radical (unpaired) electrons. The molecule has 0 fully saturated rings. The van der Waals surface area contributed by atoms with Gasteiger partial charge in [0.2, 0.25) is 0 Å². The molecule has 0 aromatic carbocycles. The Hall–Kier alpha value is -0.450. The maximum absolute atomic E-state index is 5.66. The number of rotatable bonds is 7.